The number of hydrogen-bond donors (Lipinski definition) is 1. The molecule has 3 aliphatic rings. The van der Waals surface area contributed by atoms with Crippen molar-refractivity contribution in [1.82, 2.24) is 9.88 Å². The van der Waals surface area contributed by atoms with Crippen LogP contribution in [-0.2, 0) is 22.7 Å². The number of carbonyl (C=O) groups is 1. The maximum atomic E-state index is 11.7. The first-order chi connectivity index (χ1) is 18.4. The minimum Gasteiger partial charge on any atom is -0.488 e. The fraction of sp³-hybridized carbons (Fsp3) is 0.467. The molecular weight excluding hydrogens is 498 g/mol. The summed E-state index contributed by atoms with van der Waals surface area (Å²) in [7, 11) is 0. The average Bonchev–Trinajstić information content (AvgIpc) is 3.47. The number of benzene rings is 2. The highest BCUT2D eigenvalue weighted by molar-refractivity contribution is 7.14. The predicted molar refractivity (Wildman–Crippen MR) is 149 cm³/mol. The topological polar surface area (TPSA) is 75.1 Å². The monoisotopic (exact) mass is 533 g/mol. The molecule has 200 valence electrons. The molecule has 38 heavy (non-hydrogen) atoms. The van der Waals surface area contributed by atoms with E-state index < -0.39 is 11.4 Å². The lowest BCUT2D eigenvalue weighted by Crippen LogP contribution is -2.37. The summed E-state index contributed by atoms with van der Waals surface area (Å²) < 4.78 is 11.8. The first-order valence-electron chi connectivity index (χ1n) is 13.5. The summed E-state index contributed by atoms with van der Waals surface area (Å²) in [5, 5.41) is 12.6. The minimum atomic E-state index is -0.634. The number of morpholine rings is 1. The quantitative estimate of drug-likeness (QED) is 0.430. The van der Waals surface area contributed by atoms with Crippen molar-refractivity contribution < 1.29 is 19.4 Å². The number of nitrogens with zero attached hydrogens (tertiary/aromatic N) is 3. The normalized spacial score (nSPS) is 23.2. The molecule has 2 aromatic carbocycles. The maximum absolute atomic E-state index is 11.7. The molecule has 1 aliphatic carbocycles. The predicted octanol–water partition coefficient (Wildman–Crippen LogP) is 5.14. The number of anilines is 1. The van der Waals surface area contributed by atoms with Crippen LogP contribution in [0.1, 0.15) is 35.1 Å². The summed E-state index contributed by atoms with van der Waals surface area (Å²) in [6.45, 7) is 10.8. The van der Waals surface area contributed by atoms with Crippen LogP contribution in [0.15, 0.2) is 41.8 Å². The smallest absolute Gasteiger partial charge is 0.310 e. The Hall–Kier alpha value is -2.94. The van der Waals surface area contributed by atoms with E-state index in [0.29, 0.717) is 13.0 Å². The fourth-order valence-electron chi connectivity index (χ4n) is 5.85. The molecule has 0 amide bonds. The fourth-order valence-corrected chi connectivity index (χ4v) is 6.72. The number of aromatic nitrogens is 1. The van der Waals surface area contributed by atoms with Crippen LogP contribution in [0.25, 0.3) is 11.3 Å². The zero-order chi connectivity index (χ0) is 26.3. The lowest BCUT2D eigenvalue weighted by Gasteiger charge is -2.29. The van der Waals surface area contributed by atoms with Gasteiger partial charge in [-0.25, -0.2) is 4.98 Å². The lowest BCUT2D eigenvalue weighted by atomic mass is 9.96. The first kappa shape index (κ1) is 25.3. The Morgan fingerprint density at radius 1 is 1.18 bits per heavy atom. The molecule has 3 fully saturated rings. The molecule has 1 aromatic heterocycles. The Labute approximate surface area is 228 Å². The molecule has 2 aliphatic heterocycles. The third-order valence-corrected chi connectivity index (χ3v) is 9.30. The van der Waals surface area contributed by atoms with Crippen LogP contribution in [0.5, 0.6) is 5.75 Å². The molecule has 7 nitrogen and oxygen atoms in total. The molecule has 3 heterocycles. The van der Waals surface area contributed by atoms with Crippen LogP contribution in [-0.4, -0.2) is 60.4 Å². The van der Waals surface area contributed by atoms with E-state index in [4.69, 9.17) is 14.5 Å². The van der Waals surface area contributed by atoms with Gasteiger partial charge in [-0.2, -0.15) is 0 Å². The van der Waals surface area contributed by atoms with Crippen molar-refractivity contribution in [3.05, 3.63) is 64.0 Å². The van der Waals surface area contributed by atoms with Gasteiger partial charge < -0.3 is 19.5 Å². The molecular formula is C30H35N3O4S. The van der Waals surface area contributed by atoms with Crippen molar-refractivity contribution in [2.24, 2.45) is 11.3 Å². The van der Waals surface area contributed by atoms with Crippen LogP contribution in [0, 0.1) is 25.2 Å². The van der Waals surface area contributed by atoms with Crippen molar-refractivity contribution in [3.8, 4) is 17.0 Å². The number of hydrogen-bond acceptors (Lipinski definition) is 7. The molecule has 0 bridgehead atoms. The Balaban J connectivity index is 1.14. The number of carboxylic acid groups (broad SMARTS) is 1. The third kappa shape index (κ3) is 5.05. The molecule has 0 radical (unpaired) electrons. The van der Waals surface area contributed by atoms with Gasteiger partial charge in [0.25, 0.3) is 0 Å². The van der Waals surface area contributed by atoms with Gasteiger partial charge in [-0.3, -0.25) is 9.69 Å². The number of rotatable bonds is 8. The maximum Gasteiger partial charge on any atom is 0.310 e. The molecule has 1 N–H and O–H groups in total. The standard InChI is InChI=1S/C30H35N3O4S/c1-20-3-6-27(37-18-23-5-4-22(14-21(23)2)16-32-9-11-36-12-10-32)25(13-20)26-19-38-29(31-26)33-8-7-30(28(34)35)15-24(30)17-33/h3-6,13-14,19,24H,7-12,15-18H2,1-2H3,(H,34,35)/t24-,30+/m1/s1. The van der Waals surface area contributed by atoms with Gasteiger partial charge in [0.05, 0.1) is 24.3 Å². The van der Waals surface area contributed by atoms with Crippen LogP contribution >= 0.6 is 11.3 Å². The second kappa shape index (κ2) is 10.3. The van der Waals surface area contributed by atoms with Gasteiger partial charge in [-0.1, -0.05) is 29.8 Å². The Kier molecular flexibility index (Phi) is 6.88. The van der Waals surface area contributed by atoms with Crippen molar-refractivity contribution in [2.45, 2.75) is 39.8 Å². The van der Waals surface area contributed by atoms with Crippen molar-refractivity contribution in [1.29, 1.82) is 0 Å². The van der Waals surface area contributed by atoms with E-state index in [2.05, 4.69) is 59.4 Å². The summed E-state index contributed by atoms with van der Waals surface area (Å²) in [5.74, 6) is 0.433. The second-order valence-corrected chi connectivity index (χ2v) is 11.8. The lowest BCUT2D eigenvalue weighted by molar-refractivity contribution is -0.144. The second-order valence-electron chi connectivity index (χ2n) is 11.0. The van der Waals surface area contributed by atoms with Crippen molar-refractivity contribution in [2.75, 3.05) is 44.3 Å². The summed E-state index contributed by atoms with van der Waals surface area (Å²) >= 11 is 1.63. The molecule has 3 aromatic rings. The van der Waals surface area contributed by atoms with Crippen molar-refractivity contribution in [3.63, 3.8) is 0 Å². The van der Waals surface area contributed by atoms with E-state index in [1.807, 2.05) is 6.07 Å². The minimum absolute atomic E-state index is 0.238. The summed E-state index contributed by atoms with van der Waals surface area (Å²) in [6, 6.07) is 12.9. The molecule has 1 saturated carbocycles. The Bertz CT molecular complexity index is 1330. The first-order valence-corrected chi connectivity index (χ1v) is 14.4. The summed E-state index contributed by atoms with van der Waals surface area (Å²) in [4.78, 5) is 21.3. The Morgan fingerprint density at radius 2 is 2.03 bits per heavy atom. The summed E-state index contributed by atoms with van der Waals surface area (Å²) in [5.41, 5.74) is 6.33. The van der Waals surface area contributed by atoms with Gasteiger partial charge in [0.2, 0.25) is 0 Å². The number of piperidine rings is 1. The molecule has 2 atom stereocenters. The highest BCUT2D eigenvalue weighted by atomic mass is 32.1. The third-order valence-electron chi connectivity index (χ3n) is 8.40. The van der Waals surface area contributed by atoms with E-state index >= 15 is 0 Å². The van der Waals surface area contributed by atoms with E-state index in [1.165, 1.54) is 16.7 Å². The van der Waals surface area contributed by atoms with Crippen LogP contribution in [0.4, 0.5) is 5.13 Å². The number of fused-ring (bicyclic) bond motifs is 1. The number of ether oxygens (including phenoxy) is 2. The number of aliphatic carboxylic acids is 1. The van der Waals surface area contributed by atoms with E-state index in [-0.39, 0.29) is 5.92 Å². The highest BCUT2D eigenvalue weighted by Gasteiger charge is 2.62. The molecule has 6 rings (SSSR count). The molecule has 0 unspecified atom stereocenters. The van der Waals surface area contributed by atoms with Crippen molar-refractivity contribution >= 4 is 22.4 Å². The number of aryl methyl sites for hydroxylation is 2. The van der Waals surface area contributed by atoms with Crippen LogP contribution in [0.3, 0.4) is 0 Å². The van der Waals surface area contributed by atoms with E-state index in [1.54, 1.807) is 11.3 Å². The van der Waals surface area contributed by atoms with Gasteiger partial charge in [-0.15, -0.1) is 11.3 Å². The summed E-state index contributed by atoms with van der Waals surface area (Å²) in [6.07, 6.45) is 1.49. The largest absolute Gasteiger partial charge is 0.488 e. The van der Waals surface area contributed by atoms with E-state index in [0.717, 1.165) is 80.1 Å². The molecule has 2 saturated heterocycles. The molecule has 8 heteroatoms. The molecule has 0 spiro atoms. The number of carboxylic acids is 1. The Morgan fingerprint density at radius 3 is 2.79 bits per heavy atom. The zero-order valence-electron chi connectivity index (χ0n) is 22.1. The van der Waals surface area contributed by atoms with Gasteiger partial charge in [0.15, 0.2) is 5.13 Å². The highest BCUT2D eigenvalue weighted by Crippen LogP contribution is 2.58. The SMILES string of the molecule is Cc1ccc(OCc2ccc(CN3CCOCC3)cc2C)c(-c2csc(N3CC[C@]4(C(=O)O)C[C@@H]4C3)n2)c1. The average molecular weight is 534 g/mol. The van der Waals surface area contributed by atoms with E-state index in [9.17, 15) is 9.90 Å². The zero-order valence-corrected chi connectivity index (χ0v) is 22.9. The van der Waals surface area contributed by atoms with Crippen LogP contribution in [0.2, 0.25) is 0 Å². The van der Waals surface area contributed by atoms with Crippen LogP contribution < -0.4 is 9.64 Å². The van der Waals surface area contributed by atoms with Gasteiger partial charge in [-0.05, 0) is 61.4 Å². The van der Waals surface area contributed by atoms with Gasteiger partial charge >= 0.3 is 5.97 Å². The van der Waals surface area contributed by atoms with Gasteiger partial charge in [0.1, 0.15) is 12.4 Å². The number of thiazole rings is 1. The van der Waals surface area contributed by atoms with Gasteiger partial charge in [0, 0.05) is 43.7 Å².